The summed E-state index contributed by atoms with van der Waals surface area (Å²) in [7, 11) is 0. The fourth-order valence-corrected chi connectivity index (χ4v) is 1.89. The van der Waals surface area contributed by atoms with Gasteiger partial charge in [-0.1, -0.05) is 30.3 Å². The van der Waals surface area contributed by atoms with E-state index in [2.05, 4.69) is 0 Å². The molecule has 0 unspecified atom stereocenters. The standard InChI is InChI=1S/C16H23NO6/c1-11(18)13(14(19)20)17(10-12-8-6-5-7-9-12)23-15(21)22-16(2,3)4/h5-9,11,13,18H,10H2,1-4H3,(H,19,20)/t11-,13+/m0/s1. The molecule has 0 aliphatic heterocycles. The molecule has 23 heavy (non-hydrogen) atoms. The van der Waals surface area contributed by atoms with Gasteiger partial charge in [-0.15, -0.1) is 5.06 Å². The largest absolute Gasteiger partial charge is 0.528 e. The number of carbonyl (C=O) groups is 2. The van der Waals surface area contributed by atoms with Gasteiger partial charge in [0.15, 0.2) is 6.04 Å². The van der Waals surface area contributed by atoms with Crippen molar-refractivity contribution in [1.82, 2.24) is 5.06 Å². The summed E-state index contributed by atoms with van der Waals surface area (Å²) in [5, 5.41) is 19.9. The van der Waals surface area contributed by atoms with E-state index < -0.39 is 29.9 Å². The molecule has 1 rings (SSSR count). The number of rotatable bonds is 6. The molecule has 1 aromatic rings. The van der Waals surface area contributed by atoms with Crippen molar-refractivity contribution < 1.29 is 29.4 Å². The van der Waals surface area contributed by atoms with E-state index in [1.807, 2.05) is 6.07 Å². The van der Waals surface area contributed by atoms with Gasteiger partial charge >= 0.3 is 12.1 Å². The van der Waals surface area contributed by atoms with E-state index in [0.29, 0.717) is 0 Å². The first kappa shape index (κ1) is 18.9. The molecule has 0 radical (unpaired) electrons. The van der Waals surface area contributed by atoms with Gasteiger partial charge in [0.05, 0.1) is 12.6 Å². The Balaban J connectivity index is 2.96. The minimum atomic E-state index is -1.41. The summed E-state index contributed by atoms with van der Waals surface area (Å²) in [6.45, 7) is 6.31. The van der Waals surface area contributed by atoms with Gasteiger partial charge in [0.25, 0.3) is 0 Å². The molecule has 1 aromatic carbocycles. The summed E-state index contributed by atoms with van der Waals surface area (Å²) in [6.07, 6.45) is -2.28. The maximum atomic E-state index is 11.8. The van der Waals surface area contributed by atoms with Crippen LogP contribution in [0.2, 0.25) is 0 Å². The van der Waals surface area contributed by atoms with Crippen molar-refractivity contribution in [2.24, 2.45) is 0 Å². The number of carboxylic acid groups (broad SMARTS) is 1. The minimum absolute atomic E-state index is 0.00193. The minimum Gasteiger partial charge on any atom is -0.480 e. The highest BCUT2D eigenvalue weighted by Gasteiger charge is 2.34. The molecular formula is C16H23NO6. The molecule has 2 atom stereocenters. The number of benzene rings is 1. The zero-order valence-electron chi connectivity index (χ0n) is 13.7. The highest BCUT2D eigenvalue weighted by Crippen LogP contribution is 2.15. The van der Waals surface area contributed by atoms with Gasteiger partial charge in [-0.2, -0.15) is 0 Å². The summed E-state index contributed by atoms with van der Waals surface area (Å²) < 4.78 is 5.04. The number of hydrogen-bond acceptors (Lipinski definition) is 6. The Kier molecular flexibility index (Phi) is 6.53. The average Bonchev–Trinajstić information content (AvgIpc) is 2.36. The molecule has 0 saturated carbocycles. The summed E-state index contributed by atoms with van der Waals surface area (Å²) in [6, 6.07) is 7.46. The van der Waals surface area contributed by atoms with Gasteiger partial charge in [-0.25, -0.2) is 4.79 Å². The van der Waals surface area contributed by atoms with Crippen LogP contribution >= 0.6 is 0 Å². The molecule has 2 N–H and O–H groups in total. The topological polar surface area (TPSA) is 96.3 Å². The van der Waals surface area contributed by atoms with Gasteiger partial charge in [-0.3, -0.25) is 4.79 Å². The first-order valence-electron chi connectivity index (χ1n) is 7.22. The smallest absolute Gasteiger partial charge is 0.480 e. The fourth-order valence-electron chi connectivity index (χ4n) is 1.89. The first-order chi connectivity index (χ1) is 10.6. The summed E-state index contributed by atoms with van der Waals surface area (Å²) in [4.78, 5) is 28.3. The highest BCUT2D eigenvalue weighted by molar-refractivity contribution is 5.74. The highest BCUT2D eigenvalue weighted by atomic mass is 16.8. The van der Waals surface area contributed by atoms with E-state index in [4.69, 9.17) is 9.57 Å². The second kappa shape index (κ2) is 7.94. The lowest BCUT2D eigenvalue weighted by atomic mass is 10.1. The quantitative estimate of drug-likeness (QED) is 0.611. The lowest BCUT2D eigenvalue weighted by Gasteiger charge is -2.29. The number of aliphatic hydroxyl groups excluding tert-OH is 1. The second-order valence-electron chi connectivity index (χ2n) is 6.14. The number of aliphatic hydroxyl groups is 1. The van der Waals surface area contributed by atoms with E-state index in [0.717, 1.165) is 10.6 Å². The molecule has 0 heterocycles. The summed E-state index contributed by atoms with van der Waals surface area (Å²) in [5.74, 6) is -1.31. The van der Waals surface area contributed by atoms with Crippen molar-refractivity contribution in [3.63, 3.8) is 0 Å². The molecule has 0 fully saturated rings. The Bertz CT molecular complexity index is 523. The van der Waals surface area contributed by atoms with E-state index in [1.165, 1.54) is 6.92 Å². The van der Waals surface area contributed by atoms with Crippen molar-refractivity contribution in [2.75, 3.05) is 0 Å². The SMILES string of the molecule is C[C@H](O)[C@H](C(=O)O)N(Cc1ccccc1)OC(=O)OC(C)(C)C. The lowest BCUT2D eigenvalue weighted by molar-refractivity contribution is -0.200. The molecule has 0 aliphatic carbocycles. The number of carboxylic acids is 1. The van der Waals surface area contributed by atoms with Gasteiger partial charge in [0.1, 0.15) is 5.60 Å². The molecular weight excluding hydrogens is 302 g/mol. The Morgan fingerprint density at radius 1 is 1.22 bits per heavy atom. The third-order valence-electron chi connectivity index (χ3n) is 2.78. The number of carbonyl (C=O) groups excluding carboxylic acids is 1. The van der Waals surface area contributed by atoms with E-state index in [1.54, 1.807) is 45.0 Å². The monoisotopic (exact) mass is 325 g/mol. The third kappa shape index (κ3) is 6.66. The lowest BCUT2D eigenvalue weighted by Crippen LogP contribution is -2.48. The second-order valence-corrected chi connectivity index (χ2v) is 6.14. The van der Waals surface area contributed by atoms with Crippen molar-refractivity contribution in [3.05, 3.63) is 35.9 Å². The van der Waals surface area contributed by atoms with Crippen LogP contribution < -0.4 is 0 Å². The van der Waals surface area contributed by atoms with Crippen molar-refractivity contribution >= 4 is 12.1 Å². The Labute approximate surface area is 135 Å². The van der Waals surface area contributed by atoms with E-state index in [9.17, 15) is 19.8 Å². The predicted molar refractivity (Wildman–Crippen MR) is 82.4 cm³/mol. The molecule has 0 aliphatic rings. The van der Waals surface area contributed by atoms with E-state index in [-0.39, 0.29) is 6.54 Å². The number of aliphatic carboxylic acids is 1. The number of nitrogens with zero attached hydrogens (tertiary/aromatic N) is 1. The molecule has 0 aromatic heterocycles. The molecule has 7 nitrogen and oxygen atoms in total. The normalized spacial score (nSPS) is 14.2. The molecule has 7 heteroatoms. The molecule has 0 spiro atoms. The Hall–Kier alpha value is -2.12. The van der Waals surface area contributed by atoms with Gasteiger partial charge in [-0.05, 0) is 33.3 Å². The van der Waals surface area contributed by atoms with Crippen LogP contribution in [0.3, 0.4) is 0 Å². The predicted octanol–water partition coefficient (Wildman–Crippen LogP) is 2.19. The summed E-state index contributed by atoms with van der Waals surface area (Å²) in [5.41, 5.74) is -0.0538. The van der Waals surface area contributed by atoms with Crippen LogP contribution in [0.25, 0.3) is 0 Å². The van der Waals surface area contributed by atoms with Gasteiger partial charge in [0, 0.05) is 0 Å². The van der Waals surface area contributed by atoms with Crippen LogP contribution in [-0.2, 0) is 20.9 Å². The van der Waals surface area contributed by atoms with Crippen LogP contribution in [0, 0.1) is 0 Å². The van der Waals surface area contributed by atoms with Crippen LogP contribution in [0.1, 0.15) is 33.3 Å². The molecule has 0 amide bonds. The Morgan fingerprint density at radius 3 is 2.22 bits per heavy atom. The number of ether oxygens (including phenoxy) is 1. The molecule has 128 valence electrons. The van der Waals surface area contributed by atoms with Crippen molar-refractivity contribution in [3.8, 4) is 0 Å². The van der Waals surface area contributed by atoms with Crippen LogP contribution in [0.5, 0.6) is 0 Å². The van der Waals surface area contributed by atoms with Crippen LogP contribution in [0.15, 0.2) is 30.3 Å². The maximum absolute atomic E-state index is 11.8. The van der Waals surface area contributed by atoms with Gasteiger partial charge < -0.3 is 19.8 Å². The van der Waals surface area contributed by atoms with Crippen LogP contribution in [0.4, 0.5) is 4.79 Å². The number of hydrogen-bond donors (Lipinski definition) is 2. The molecule has 0 saturated heterocycles. The van der Waals surface area contributed by atoms with Crippen LogP contribution in [-0.4, -0.2) is 45.1 Å². The maximum Gasteiger partial charge on any atom is 0.528 e. The third-order valence-corrected chi connectivity index (χ3v) is 2.78. The molecule has 0 bridgehead atoms. The Morgan fingerprint density at radius 2 is 1.78 bits per heavy atom. The van der Waals surface area contributed by atoms with Crippen molar-refractivity contribution in [2.45, 2.75) is 52.0 Å². The fraction of sp³-hybridized carbons (Fsp3) is 0.500. The summed E-state index contributed by atoms with van der Waals surface area (Å²) >= 11 is 0. The number of hydroxylamine groups is 2. The van der Waals surface area contributed by atoms with Crippen molar-refractivity contribution in [1.29, 1.82) is 0 Å². The zero-order chi connectivity index (χ0) is 17.6. The van der Waals surface area contributed by atoms with Gasteiger partial charge in [0.2, 0.25) is 0 Å². The van der Waals surface area contributed by atoms with E-state index >= 15 is 0 Å². The zero-order valence-corrected chi connectivity index (χ0v) is 13.7. The first-order valence-corrected chi connectivity index (χ1v) is 7.22. The average molecular weight is 325 g/mol.